The summed E-state index contributed by atoms with van der Waals surface area (Å²) in [6.45, 7) is 2.20. The molecule has 1 heterocycles. The van der Waals surface area contributed by atoms with Crippen molar-refractivity contribution < 1.29 is 9.84 Å². The average molecular weight is 226 g/mol. The Morgan fingerprint density at radius 2 is 2.06 bits per heavy atom. The SMILES string of the molecule is N=C(C1CCCCC1)N1CCOC(CO)C1. The first-order valence-corrected chi connectivity index (χ1v) is 6.37. The molecule has 1 unspecified atom stereocenters. The second-order valence-corrected chi connectivity index (χ2v) is 4.84. The van der Waals surface area contributed by atoms with Crippen LogP contribution < -0.4 is 0 Å². The minimum atomic E-state index is -0.0994. The number of rotatable bonds is 2. The average Bonchev–Trinajstić information content (AvgIpc) is 2.39. The number of hydrogen-bond acceptors (Lipinski definition) is 3. The van der Waals surface area contributed by atoms with Crippen LogP contribution in [0.3, 0.4) is 0 Å². The minimum Gasteiger partial charge on any atom is -0.394 e. The summed E-state index contributed by atoms with van der Waals surface area (Å²) in [6.07, 6.45) is 6.09. The summed E-state index contributed by atoms with van der Waals surface area (Å²) in [4.78, 5) is 2.10. The minimum absolute atomic E-state index is 0.0639. The molecule has 2 fully saturated rings. The molecule has 1 saturated carbocycles. The Morgan fingerprint density at radius 3 is 2.75 bits per heavy atom. The topological polar surface area (TPSA) is 56.6 Å². The number of morpholine rings is 1. The molecule has 0 amide bonds. The fourth-order valence-electron chi connectivity index (χ4n) is 2.68. The standard InChI is InChI=1S/C12H22N2O2/c13-12(10-4-2-1-3-5-10)14-6-7-16-11(8-14)9-15/h10-11,13,15H,1-9H2. The predicted molar refractivity (Wildman–Crippen MR) is 62.7 cm³/mol. The van der Waals surface area contributed by atoms with Gasteiger partial charge < -0.3 is 14.7 Å². The van der Waals surface area contributed by atoms with Gasteiger partial charge in [0.15, 0.2) is 0 Å². The third kappa shape index (κ3) is 2.74. The van der Waals surface area contributed by atoms with E-state index in [1.165, 1.54) is 32.1 Å². The van der Waals surface area contributed by atoms with E-state index in [1.54, 1.807) is 0 Å². The molecule has 92 valence electrons. The zero-order valence-corrected chi connectivity index (χ0v) is 9.82. The van der Waals surface area contributed by atoms with Gasteiger partial charge in [0.05, 0.1) is 25.2 Å². The van der Waals surface area contributed by atoms with Crippen LogP contribution >= 0.6 is 0 Å². The largest absolute Gasteiger partial charge is 0.394 e. The highest BCUT2D eigenvalue weighted by Crippen LogP contribution is 2.26. The van der Waals surface area contributed by atoms with Crippen LogP contribution in [0.1, 0.15) is 32.1 Å². The van der Waals surface area contributed by atoms with Crippen LogP contribution in [0, 0.1) is 11.3 Å². The first kappa shape index (κ1) is 11.9. The van der Waals surface area contributed by atoms with Gasteiger partial charge in [-0.05, 0) is 12.8 Å². The van der Waals surface area contributed by atoms with Gasteiger partial charge in [0.1, 0.15) is 0 Å². The monoisotopic (exact) mass is 226 g/mol. The van der Waals surface area contributed by atoms with Crippen LogP contribution in [-0.2, 0) is 4.74 Å². The van der Waals surface area contributed by atoms with Crippen LogP contribution in [0.4, 0.5) is 0 Å². The van der Waals surface area contributed by atoms with Crippen LogP contribution in [0.25, 0.3) is 0 Å². The Bertz CT molecular complexity index is 239. The van der Waals surface area contributed by atoms with Gasteiger partial charge in [-0.3, -0.25) is 5.41 Å². The Balaban J connectivity index is 1.87. The highest BCUT2D eigenvalue weighted by molar-refractivity contribution is 5.81. The van der Waals surface area contributed by atoms with Crippen LogP contribution in [0.15, 0.2) is 0 Å². The van der Waals surface area contributed by atoms with Crippen LogP contribution in [0.5, 0.6) is 0 Å². The van der Waals surface area contributed by atoms with E-state index in [0.29, 0.717) is 19.1 Å². The van der Waals surface area contributed by atoms with Crippen molar-refractivity contribution in [2.75, 3.05) is 26.3 Å². The van der Waals surface area contributed by atoms with Gasteiger partial charge in [0.25, 0.3) is 0 Å². The maximum absolute atomic E-state index is 9.08. The molecule has 1 saturated heterocycles. The molecule has 1 aliphatic heterocycles. The number of hydrogen-bond donors (Lipinski definition) is 2. The quantitative estimate of drug-likeness (QED) is 0.550. The van der Waals surface area contributed by atoms with Crippen molar-refractivity contribution in [1.82, 2.24) is 4.90 Å². The second-order valence-electron chi connectivity index (χ2n) is 4.84. The van der Waals surface area contributed by atoms with Crippen molar-refractivity contribution in [3.8, 4) is 0 Å². The lowest BCUT2D eigenvalue weighted by molar-refractivity contribution is -0.0356. The van der Waals surface area contributed by atoms with Crippen molar-refractivity contribution in [1.29, 1.82) is 5.41 Å². The molecule has 4 heteroatoms. The van der Waals surface area contributed by atoms with E-state index < -0.39 is 0 Å². The lowest BCUT2D eigenvalue weighted by atomic mass is 9.88. The first-order chi connectivity index (χ1) is 7.81. The van der Waals surface area contributed by atoms with E-state index in [9.17, 15) is 0 Å². The van der Waals surface area contributed by atoms with Gasteiger partial charge in [-0.2, -0.15) is 0 Å². The highest BCUT2D eigenvalue weighted by atomic mass is 16.5. The summed E-state index contributed by atoms with van der Waals surface area (Å²) in [5.41, 5.74) is 0. The molecule has 4 nitrogen and oxygen atoms in total. The van der Waals surface area contributed by atoms with Gasteiger partial charge in [0, 0.05) is 19.0 Å². The lowest BCUT2D eigenvalue weighted by Crippen LogP contribution is -2.48. The fraction of sp³-hybridized carbons (Fsp3) is 0.917. The molecule has 2 aliphatic rings. The third-order valence-electron chi connectivity index (χ3n) is 3.67. The van der Waals surface area contributed by atoms with Crippen molar-refractivity contribution in [2.24, 2.45) is 5.92 Å². The molecule has 0 spiro atoms. The molecule has 0 aromatic rings. The summed E-state index contributed by atoms with van der Waals surface area (Å²) in [5.74, 6) is 1.23. The third-order valence-corrected chi connectivity index (χ3v) is 3.67. The number of aliphatic hydroxyl groups excluding tert-OH is 1. The van der Waals surface area contributed by atoms with Crippen LogP contribution in [-0.4, -0.2) is 48.2 Å². The molecule has 1 aliphatic carbocycles. The summed E-state index contributed by atoms with van der Waals surface area (Å²) < 4.78 is 5.41. The molecule has 16 heavy (non-hydrogen) atoms. The summed E-state index contributed by atoms with van der Waals surface area (Å²) in [6, 6.07) is 0. The maximum atomic E-state index is 9.08. The Kier molecular flexibility index (Phi) is 4.18. The Morgan fingerprint density at radius 1 is 1.31 bits per heavy atom. The zero-order valence-electron chi connectivity index (χ0n) is 9.82. The van der Waals surface area contributed by atoms with Gasteiger partial charge in [-0.1, -0.05) is 19.3 Å². The molecule has 0 radical (unpaired) electrons. The van der Waals surface area contributed by atoms with E-state index in [2.05, 4.69) is 4.90 Å². The number of nitrogens with one attached hydrogen (secondary N) is 1. The van der Waals surface area contributed by atoms with Crippen LogP contribution in [0.2, 0.25) is 0 Å². The summed E-state index contributed by atoms with van der Waals surface area (Å²) in [7, 11) is 0. The van der Waals surface area contributed by atoms with Crippen molar-refractivity contribution in [3.63, 3.8) is 0 Å². The predicted octanol–water partition coefficient (Wildman–Crippen LogP) is 1.24. The molecular weight excluding hydrogens is 204 g/mol. The van der Waals surface area contributed by atoms with E-state index in [0.717, 1.165) is 12.4 Å². The number of amidine groups is 1. The fourth-order valence-corrected chi connectivity index (χ4v) is 2.68. The summed E-state index contributed by atoms with van der Waals surface area (Å²) in [5, 5.41) is 17.3. The normalized spacial score (nSPS) is 28.1. The molecule has 2 N–H and O–H groups in total. The van der Waals surface area contributed by atoms with Gasteiger partial charge in [-0.15, -0.1) is 0 Å². The number of nitrogens with zero attached hydrogens (tertiary/aromatic N) is 1. The lowest BCUT2D eigenvalue weighted by Gasteiger charge is -2.37. The molecule has 2 rings (SSSR count). The van der Waals surface area contributed by atoms with E-state index in [-0.39, 0.29) is 12.7 Å². The van der Waals surface area contributed by atoms with E-state index in [4.69, 9.17) is 15.3 Å². The van der Waals surface area contributed by atoms with Gasteiger partial charge in [-0.25, -0.2) is 0 Å². The Hall–Kier alpha value is -0.610. The van der Waals surface area contributed by atoms with Gasteiger partial charge >= 0.3 is 0 Å². The van der Waals surface area contributed by atoms with Crippen molar-refractivity contribution in [2.45, 2.75) is 38.2 Å². The van der Waals surface area contributed by atoms with E-state index >= 15 is 0 Å². The molecule has 0 bridgehead atoms. The zero-order chi connectivity index (χ0) is 11.4. The van der Waals surface area contributed by atoms with E-state index in [1.807, 2.05) is 0 Å². The first-order valence-electron chi connectivity index (χ1n) is 6.37. The van der Waals surface area contributed by atoms with Crippen molar-refractivity contribution in [3.05, 3.63) is 0 Å². The molecule has 0 aromatic heterocycles. The maximum Gasteiger partial charge on any atom is 0.0991 e. The summed E-state index contributed by atoms with van der Waals surface area (Å²) >= 11 is 0. The number of ether oxygens (including phenoxy) is 1. The van der Waals surface area contributed by atoms with Gasteiger partial charge in [0.2, 0.25) is 0 Å². The molecule has 0 aromatic carbocycles. The smallest absolute Gasteiger partial charge is 0.0991 e. The highest BCUT2D eigenvalue weighted by Gasteiger charge is 2.27. The second kappa shape index (κ2) is 5.64. The van der Waals surface area contributed by atoms with Crippen molar-refractivity contribution >= 4 is 5.84 Å². The number of aliphatic hydroxyl groups is 1. The molecular formula is C12H22N2O2. The Labute approximate surface area is 97.1 Å². The molecule has 1 atom stereocenters.